The first-order valence-electron chi connectivity index (χ1n) is 10.4. The average molecular weight is 421 g/mol. The van der Waals surface area contributed by atoms with Crippen LogP contribution in [0.25, 0.3) is 11.0 Å². The monoisotopic (exact) mass is 420 g/mol. The molecule has 29 heavy (non-hydrogen) atoms. The molecule has 160 valence electrons. The summed E-state index contributed by atoms with van der Waals surface area (Å²) < 4.78 is 30.9. The summed E-state index contributed by atoms with van der Waals surface area (Å²) in [5.41, 5.74) is 4.22. The van der Waals surface area contributed by atoms with Gasteiger partial charge in [-0.15, -0.1) is 0 Å². The Kier molecular flexibility index (Phi) is 6.69. The zero-order valence-corrected chi connectivity index (χ0v) is 18.6. The van der Waals surface area contributed by atoms with E-state index in [-0.39, 0.29) is 11.9 Å². The fourth-order valence-corrected chi connectivity index (χ4v) is 4.80. The molecule has 2 heterocycles. The number of likely N-dealkylation sites (tertiary alicyclic amines) is 1. The van der Waals surface area contributed by atoms with E-state index in [1.54, 1.807) is 6.26 Å². The van der Waals surface area contributed by atoms with Gasteiger partial charge in [-0.2, -0.15) is 0 Å². The van der Waals surface area contributed by atoms with Crippen LogP contribution in [-0.4, -0.2) is 44.6 Å². The van der Waals surface area contributed by atoms with Crippen LogP contribution in [0.1, 0.15) is 62.1 Å². The first-order chi connectivity index (χ1) is 13.7. The maximum atomic E-state index is 13.1. The van der Waals surface area contributed by atoms with E-state index in [1.807, 2.05) is 4.90 Å². The third-order valence-corrected chi connectivity index (χ3v) is 6.52. The quantitative estimate of drug-likeness (QED) is 0.740. The molecule has 0 unspecified atom stereocenters. The van der Waals surface area contributed by atoms with Gasteiger partial charge in [0.1, 0.15) is 5.58 Å². The van der Waals surface area contributed by atoms with Gasteiger partial charge in [-0.1, -0.05) is 13.8 Å². The van der Waals surface area contributed by atoms with Crippen molar-refractivity contribution in [1.29, 1.82) is 0 Å². The van der Waals surface area contributed by atoms with E-state index >= 15 is 0 Å². The molecular weight excluding hydrogens is 388 g/mol. The first-order valence-corrected chi connectivity index (χ1v) is 12.3. The largest absolute Gasteiger partial charge is 0.464 e. The lowest BCUT2D eigenvalue weighted by molar-refractivity contribution is -0.134. The molecular formula is C22H32N2O4S. The second kappa shape index (κ2) is 8.88. The van der Waals surface area contributed by atoms with Gasteiger partial charge in [-0.25, -0.2) is 13.1 Å². The molecule has 1 fully saturated rings. The van der Waals surface area contributed by atoms with Crippen molar-refractivity contribution in [3.8, 4) is 0 Å². The van der Waals surface area contributed by atoms with Crippen molar-refractivity contribution in [2.24, 2.45) is 0 Å². The van der Waals surface area contributed by atoms with Crippen LogP contribution in [-0.2, 0) is 21.2 Å². The third-order valence-electron chi connectivity index (χ3n) is 5.80. The summed E-state index contributed by atoms with van der Waals surface area (Å²) >= 11 is 0. The molecule has 1 N–H and O–H groups in total. The van der Waals surface area contributed by atoms with E-state index in [1.165, 1.54) is 11.1 Å². The normalized spacial score (nSPS) is 18.0. The lowest BCUT2D eigenvalue weighted by Crippen LogP contribution is -2.45. The molecule has 0 saturated carbocycles. The Morgan fingerprint density at radius 2 is 2.07 bits per heavy atom. The van der Waals surface area contributed by atoms with Crippen LogP contribution in [0.15, 0.2) is 22.8 Å². The number of nitrogens with zero attached hydrogens (tertiary/aromatic N) is 1. The van der Waals surface area contributed by atoms with Crippen LogP contribution >= 0.6 is 0 Å². The van der Waals surface area contributed by atoms with Gasteiger partial charge in [0.05, 0.1) is 18.9 Å². The number of piperidine rings is 1. The Labute approximate surface area is 173 Å². The summed E-state index contributed by atoms with van der Waals surface area (Å²) in [6.45, 7) is 7.52. The van der Waals surface area contributed by atoms with Crippen molar-refractivity contribution in [2.75, 3.05) is 19.3 Å². The number of rotatable bonds is 7. The number of carbonyl (C=O) groups excluding carboxylic acids is 1. The fourth-order valence-electron chi connectivity index (χ4n) is 4.31. The zero-order valence-electron chi connectivity index (χ0n) is 17.8. The molecule has 1 saturated heterocycles. The van der Waals surface area contributed by atoms with E-state index in [0.29, 0.717) is 25.3 Å². The van der Waals surface area contributed by atoms with Crippen molar-refractivity contribution in [2.45, 2.75) is 64.8 Å². The maximum Gasteiger partial charge on any atom is 0.227 e. The maximum absolute atomic E-state index is 13.1. The highest BCUT2D eigenvalue weighted by Crippen LogP contribution is 2.30. The molecule has 2 aromatic rings. The third kappa shape index (κ3) is 5.39. The number of sulfonamides is 1. The van der Waals surface area contributed by atoms with E-state index in [2.05, 4.69) is 37.6 Å². The van der Waals surface area contributed by atoms with Gasteiger partial charge >= 0.3 is 0 Å². The lowest BCUT2D eigenvalue weighted by Gasteiger charge is -2.36. The van der Waals surface area contributed by atoms with Crippen LogP contribution in [0.2, 0.25) is 0 Å². The summed E-state index contributed by atoms with van der Waals surface area (Å²) in [5, 5.41) is 1.01. The number of hydrogen-bond acceptors (Lipinski definition) is 4. The standard InChI is InChI=1S/C22H32N2O4S/c1-15(2)19-13-20-17(14-28-21(20)11-16(19)3)12-22(25)24-10-6-5-7-18(24)8-9-23-29(4,26)27/h11,13-15,18,23H,5-10,12H2,1-4H3/t18-/m1/s1. The number of hydrogen-bond donors (Lipinski definition) is 1. The number of furan rings is 1. The van der Waals surface area contributed by atoms with Crippen LogP contribution < -0.4 is 4.72 Å². The first kappa shape index (κ1) is 21.8. The Hall–Kier alpha value is -1.86. The highest BCUT2D eigenvalue weighted by Gasteiger charge is 2.27. The molecule has 0 radical (unpaired) electrons. The van der Waals surface area contributed by atoms with Crippen LogP contribution in [0, 0.1) is 6.92 Å². The summed E-state index contributed by atoms with van der Waals surface area (Å²) in [4.78, 5) is 15.0. The Morgan fingerprint density at radius 3 is 2.76 bits per heavy atom. The second-order valence-electron chi connectivity index (χ2n) is 8.49. The van der Waals surface area contributed by atoms with E-state index in [4.69, 9.17) is 4.42 Å². The second-order valence-corrected chi connectivity index (χ2v) is 10.3. The van der Waals surface area contributed by atoms with Crippen molar-refractivity contribution >= 4 is 26.9 Å². The molecule has 1 aliphatic heterocycles. The molecule has 7 heteroatoms. The van der Waals surface area contributed by atoms with Crippen LogP contribution in [0.4, 0.5) is 0 Å². The Bertz CT molecular complexity index is 978. The summed E-state index contributed by atoms with van der Waals surface area (Å²) in [6, 6.07) is 4.29. The van der Waals surface area contributed by atoms with Gasteiger partial charge in [-0.3, -0.25) is 4.79 Å². The SMILES string of the molecule is Cc1cc2occ(CC(=O)N3CCCC[C@@H]3CCNS(C)(=O)=O)c2cc1C(C)C. The molecule has 1 aromatic heterocycles. The van der Waals surface area contributed by atoms with Crippen molar-refractivity contribution in [3.63, 3.8) is 0 Å². The van der Waals surface area contributed by atoms with E-state index in [0.717, 1.165) is 48.6 Å². The molecule has 1 aliphatic rings. The topological polar surface area (TPSA) is 79.6 Å². The van der Waals surface area contributed by atoms with Crippen LogP contribution in [0.3, 0.4) is 0 Å². The summed E-state index contributed by atoms with van der Waals surface area (Å²) in [6.07, 6.45) is 6.79. The lowest BCUT2D eigenvalue weighted by atomic mass is 9.94. The van der Waals surface area contributed by atoms with Gasteiger partial charge in [0, 0.05) is 30.1 Å². The predicted molar refractivity (Wildman–Crippen MR) is 116 cm³/mol. The number of benzene rings is 1. The average Bonchev–Trinajstić information content (AvgIpc) is 3.01. The fraction of sp³-hybridized carbons (Fsp3) is 0.591. The molecule has 6 nitrogen and oxygen atoms in total. The van der Waals surface area contributed by atoms with E-state index < -0.39 is 10.0 Å². The van der Waals surface area contributed by atoms with Gasteiger partial charge in [0.15, 0.2) is 0 Å². The van der Waals surface area contributed by atoms with E-state index in [9.17, 15) is 13.2 Å². The van der Waals surface area contributed by atoms with Crippen LogP contribution in [0.5, 0.6) is 0 Å². The number of nitrogens with one attached hydrogen (secondary N) is 1. The summed E-state index contributed by atoms with van der Waals surface area (Å²) in [5.74, 6) is 0.495. The smallest absolute Gasteiger partial charge is 0.227 e. The molecule has 1 atom stereocenters. The Balaban J connectivity index is 1.75. The molecule has 0 bridgehead atoms. The minimum absolute atomic E-state index is 0.0807. The number of fused-ring (bicyclic) bond motifs is 1. The van der Waals surface area contributed by atoms with Gasteiger partial charge in [0.25, 0.3) is 0 Å². The summed E-state index contributed by atoms with van der Waals surface area (Å²) in [7, 11) is -3.21. The van der Waals surface area contributed by atoms with Crippen molar-refractivity contribution in [1.82, 2.24) is 9.62 Å². The predicted octanol–water partition coefficient (Wildman–Crippen LogP) is 3.73. The van der Waals surface area contributed by atoms with Gasteiger partial charge in [-0.05, 0) is 61.8 Å². The number of amides is 1. The molecule has 1 aromatic carbocycles. The van der Waals surface area contributed by atoms with Crippen molar-refractivity contribution in [3.05, 3.63) is 35.1 Å². The molecule has 0 spiro atoms. The van der Waals surface area contributed by atoms with Gasteiger partial charge in [0.2, 0.25) is 15.9 Å². The minimum atomic E-state index is -3.21. The van der Waals surface area contributed by atoms with Crippen molar-refractivity contribution < 1.29 is 17.6 Å². The van der Waals surface area contributed by atoms with Gasteiger partial charge < -0.3 is 9.32 Å². The Morgan fingerprint density at radius 1 is 1.31 bits per heavy atom. The highest BCUT2D eigenvalue weighted by molar-refractivity contribution is 7.88. The molecule has 0 aliphatic carbocycles. The zero-order chi connectivity index (χ0) is 21.2. The number of carbonyl (C=O) groups is 1. The minimum Gasteiger partial charge on any atom is -0.464 e. The number of aryl methyl sites for hydroxylation is 1. The molecule has 1 amide bonds. The molecule has 3 rings (SSSR count). The highest BCUT2D eigenvalue weighted by atomic mass is 32.2.